The van der Waals surface area contributed by atoms with Crippen molar-refractivity contribution in [3.63, 3.8) is 0 Å². The molecule has 2 aromatic carbocycles. The van der Waals surface area contributed by atoms with Crippen LogP contribution in [0.2, 0.25) is 0 Å². The van der Waals surface area contributed by atoms with Gasteiger partial charge in [-0.1, -0.05) is 0 Å². The fraction of sp³-hybridized carbons (Fsp3) is 0.133. The zero-order valence-electron chi connectivity index (χ0n) is 11.1. The van der Waals surface area contributed by atoms with Gasteiger partial charge in [-0.15, -0.1) is 0 Å². The average Bonchev–Trinajstić information content (AvgIpc) is 2.38. The second-order valence-corrected chi connectivity index (χ2v) is 4.40. The van der Waals surface area contributed by atoms with Crippen molar-refractivity contribution in [1.29, 1.82) is 5.26 Å². The predicted molar refractivity (Wildman–Crippen MR) is 73.8 cm³/mol. The van der Waals surface area contributed by atoms with Gasteiger partial charge in [-0.05, 0) is 49.7 Å². The normalized spacial score (nSPS) is 9.85. The first-order chi connectivity index (χ1) is 9.51. The van der Waals surface area contributed by atoms with E-state index in [1.54, 1.807) is 37.3 Å². The Kier molecular flexibility index (Phi) is 3.67. The van der Waals surface area contributed by atoms with Gasteiger partial charge in [0.1, 0.15) is 11.5 Å². The highest BCUT2D eigenvalue weighted by atomic mass is 16.6. The number of nitriles is 1. The van der Waals surface area contributed by atoms with Crippen molar-refractivity contribution in [3.05, 3.63) is 63.2 Å². The van der Waals surface area contributed by atoms with Gasteiger partial charge in [0, 0.05) is 11.6 Å². The van der Waals surface area contributed by atoms with Crippen LogP contribution in [0.15, 0.2) is 36.4 Å². The minimum absolute atomic E-state index is 0.0633. The van der Waals surface area contributed by atoms with E-state index in [0.29, 0.717) is 22.6 Å². The molecule has 0 saturated carbocycles. The van der Waals surface area contributed by atoms with Gasteiger partial charge in [0.25, 0.3) is 5.69 Å². The summed E-state index contributed by atoms with van der Waals surface area (Å²) in [5.41, 5.74) is 2.02. The van der Waals surface area contributed by atoms with Gasteiger partial charge in [0.2, 0.25) is 0 Å². The maximum Gasteiger partial charge on any atom is 0.272 e. The summed E-state index contributed by atoms with van der Waals surface area (Å²) in [6.07, 6.45) is 0. The quantitative estimate of drug-likeness (QED) is 0.625. The molecule has 0 aliphatic carbocycles. The van der Waals surface area contributed by atoms with Crippen molar-refractivity contribution in [1.82, 2.24) is 0 Å². The Bertz CT molecular complexity index is 718. The molecule has 0 N–H and O–H groups in total. The SMILES string of the molecule is Cc1cc(Oc2ccc([N+](=O)[O-])c(C)c2)ccc1C#N. The predicted octanol–water partition coefficient (Wildman–Crippen LogP) is 3.88. The third-order valence-corrected chi connectivity index (χ3v) is 2.92. The number of hydrogen-bond acceptors (Lipinski definition) is 4. The molecular weight excluding hydrogens is 256 g/mol. The van der Waals surface area contributed by atoms with Crippen molar-refractivity contribution in [2.75, 3.05) is 0 Å². The highest BCUT2D eigenvalue weighted by Crippen LogP contribution is 2.28. The maximum atomic E-state index is 10.7. The summed E-state index contributed by atoms with van der Waals surface area (Å²) < 4.78 is 5.64. The summed E-state index contributed by atoms with van der Waals surface area (Å²) in [5.74, 6) is 1.12. The second kappa shape index (κ2) is 5.41. The number of nitro groups is 1. The number of rotatable bonds is 3. The topological polar surface area (TPSA) is 76.2 Å². The fourth-order valence-corrected chi connectivity index (χ4v) is 1.86. The van der Waals surface area contributed by atoms with Crippen molar-refractivity contribution in [2.45, 2.75) is 13.8 Å². The van der Waals surface area contributed by atoms with E-state index in [9.17, 15) is 10.1 Å². The molecule has 2 rings (SSSR count). The number of ether oxygens (including phenoxy) is 1. The molecule has 0 saturated heterocycles. The molecule has 0 amide bonds. The molecule has 0 fully saturated rings. The average molecular weight is 268 g/mol. The van der Waals surface area contributed by atoms with E-state index in [1.807, 2.05) is 6.92 Å². The summed E-state index contributed by atoms with van der Waals surface area (Å²) in [7, 11) is 0. The molecule has 2 aromatic rings. The molecule has 0 heterocycles. The Labute approximate surface area is 116 Å². The Balaban J connectivity index is 2.27. The van der Waals surface area contributed by atoms with Crippen molar-refractivity contribution in [3.8, 4) is 17.6 Å². The zero-order valence-corrected chi connectivity index (χ0v) is 11.1. The number of nitro benzene ring substituents is 1. The lowest BCUT2D eigenvalue weighted by Gasteiger charge is -2.08. The third kappa shape index (κ3) is 2.75. The molecule has 0 aromatic heterocycles. The number of aryl methyl sites for hydroxylation is 2. The number of benzene rings is 2. The lowest BCUT2D eigenvalue weighted by molar-refractivity contribution is -0.385. The van der Waals surface area contributed by atoms with E-state index in [2.05, 4.69) is 6.07 Å². The van der Waals surface area contributed by atoms with Crippen LogP contribution in [0.5, 0.6) is 11.5 Å². The Hall–Kier alpha value is -2.87. The van der Waals surface area contributed by atoms with E-state index in [0.717, 1.165) is 5.56 Å². The molecular formula is C15H12N2O3. The van der Waals surface area contributed by atoms with Crippen LogP contribution in [0.1, 0.15) is 16.7 Å². The fourth-order valence-electron chi connectivity index (χ4n) is 1.86. The molecule has 0 atom stereocenters. The van der Waals surface area contributed by atoms with Gasteiger partial charge >= 0.3 is 0 Å². The van der Waals surface area contributed by atoms with Crippen molar-refractivity contribution < 1.29 is 9.66 Å². The summed E-state index contributed by atoms with van der Waals surface area (Å²) in [6.45, 7) is 3.49. The molecule has 5 heteroatoms. The van der Waals surface area contributed by atoms with Gasteiger partial charge in [-0.2, -0.15) is 5.26 Å². The second-order valence-electron chi connectivity index (χ2n) is 4.40. The minimum atomic E-state index is -0.426. The highest BCUT2D eigenvalue weighted by Gasteiger charge is 2.11. The Morgan fingerprint density at radius 3 is 2.20 bits per heavy atom. The summed E-state index contributed by atoms with van der Waals surface area (Å²) in [5, 5.41) is 19.6. The number of nitrogens with zero attached hydrogens (tertiary/aromatic N) is 2. The van der Waals surface area contributed by atoms with Crippen molar-refractivity contribution >= 4 is 5.69 Å². The molecule has 0 spiro atoms. The first kappa shape index (κ1) is 13.6. The first-order valence-electron chi connectivity index (χ1n) is 5.95. The van der Waals surface area contributed by atoms with Crippen LogP contribution in [-0.2, 0) is 0 Å². The Morgan fingerprint density at radius 2 is 1.70 bits per heavy atom. The molecule has 100 valence electrons. The van der Waals surface area contributed by atoms with Crippen LogP contribution in [0.25, 0.3) is 0 Å². The van der Waals surface area contributed by atoms with Gasteiger partial charge in [0.05, 0.1) is 16.6 Å². The molecule has 0 aliphatic rings. The van der Waals surface area contributed by atoms with Crippen LogP contribution in [0.3, 0.4) is 0 Å². The largest absolute Gasteiger partial charge is 0.457 e. The molecule has 0 aliphatic heterocycles. The van der Waals surface area contributed by atoms with Gasteiger partial charge in [-0.3, -0.25) is 10.1 Å². The van der Waals surface area contributed by atoms with Gasteiger partial charge < -0.3 is 4.74 Å². The van der Waals surface area contributed by atoms with E-state index >= 15 is 0 Å². The summed E-state index contributed by atoms with van der Waals surface area (Å²) >= 11 is 0. The van der Waals surface area contributed by atoms with E-state index in [4.69, 9.17) is 10.00 Å². The van der Waals surface area contributed by atoms with Crippen LogP contribution < -0.4 is 4.74 Å². The molecule has 0 radical (unpaired) electrons. The van der Waals surface area contributed by atoms with Crippen LogP contribution >= 0.6 is 0 Å². The van der Waals surface area contributed by atoms with Crippen molar-refractivity contribution in [2.24, 2.45) is 0 Å². The number of hydrogen-bond donors (Lipinski definition) is 0. The first-order valence-corrected chi connectivity index (χ1v) is 5.95. The maximum absolute atomic E-state index is 10.7. The molecule has 5 nitrogen and oxygen atoms in total. The molecule has 0 unspecified atom stereocenters. The summed E-state index contributed by atoms with van der Waals surface area (Å²) in [4.78, 5) is 10.3. The monoisotopic (exact) mass is 268 g/mol. The van der Waals surface area contributed by atoms with E-state index in [1.165, 1.54) is 6.07 Å². The standard InChI is InChI=1S/C15H12N2O3/c1-10-7-13(4-3-12(10)9-16)20-14-5-6-15(17(18)19)11(2)8-14/h3-8H,1-2H3. The Morgan fingerprint density at radius 1 is 1.10 bits per heavy atom. The van der Waals surface area contributed by atoms with Crippen LogP contribution in [-0.4, -0.2) is 4.92 Å². The summed E-state index contributed by atoms with van der Waals surface area (Å²) in [6, 6.07) is 11.8. The minimum Gasteiger partial charge on any atom is -0.457 e. The lowest BCUT2D eigenvalue weighted by atomic mass is 10.1. The lowest BCUT2D eigenvalue weighted by Crippen LogP contribution is -1.93. The third-order valence-electron chi connectivity index (χ3n) is 2.92. The van der Waals surface area contributed by atoms with Crippen LogP contribution in [0.4, 0.5) is 5.69 Å². The van der Waals surface area contributed by atoms with Gasteiger partial charge in [0.15, 0.2) is 0 Å². The van der Waals surface area contributed by atoms with E-state index in [-0.39, 0.29) is 5.69 Å². The van der Waals surface area contributed by atoms with Gasteiger partial charge in [-0.25, -0.2) is 0 Å². The highest BCUT2D eigenvalue weighted by molar-refractivity contribution is 5.47. The van der Waals surface area contributed by atoms with Crippen LogP contribution in [0, 0.1) is 35.3 Å². The van der Waals surface area contributed by atoms with E-state index < -0.39 is 4.92 Å². The smallest absolute Gasteiger partial charge is 0.272 e. The molecule has 20 heavy (non-hydrogen) atoms. The zero-order chi connectivity index (χ0) is 14.7. The molecule has 0 bridgehead atoms.